The van der Waals surface area contributed by atoms with E-state index in [9.17, 15) is 0 Å². The predicted molar refractivity (Wildman–Crippen MR) is 199 cm³/mol. The molecule has 1 unspecified atom stereocenters. The second kappa shape index (κ2) is 10.0. The maximum absolute atomic E-state index is 2.65. The summed E-state index contributed by atoms with van der Waals surface area (Å²) >= 11 is 0. The highest BCUT2D eigenvalue weighted by Gasteiger charge is 2.49. The monoisotopic (exact) mass is 606 g/mol. The molecule has 0 saturated carbocycles. The summed E-state index contributed by atoms with van der Waals surface area (Å²) < 4.78 is 0. The van der Waals surface area contributed by atoms with Crippen molar-refractivity contribution in [3.05, 3.63) is 123 Å². The Hall–Kier alpha value is -3.42. The molecule has 45 heavy (non-hydrogen) atoms. The molecule has 0 N–H and O–H groups in total. The van der Waals surface area contributed by atoms with Crippen molar-refractivity contribution in [3.8, 4) is 22.3 Å². The van der Waals surface area contributed by atoms with Crippen molar-refractivity contribution in [2.24, 2.45) is 5.92 Å². The number of hydrogen-bond acceptors (Lipinski definition) is 0. The van der Waals surface area contributed by atoms with Gasteiger partial charge in [-0.25, -0.2) is 0 Å². The zero-order valence-corrected chi connectivity index (χ0v) is 30.4. The van der Waals surface area contributed by atoms with Crippen LogP contribution in [0.2, 0.25) is 13.1 Å². The average molecular weight is 607 g/mol. The van der Waals surface area contributed by atoms with Gasteiger partial charge >= 0.3 is 0 Å². The van der Waals surface area contributed by atoms with Crippen molar-refractivity contribution in [1.29, 1.82) is 0 Å². The lowest BCUT2D eigenvalue weighted by molar-refractivity contribution is 0.590. The number of fused-ring (bicyclic) bond motifs is 2. The quantitative estimate of drug-likeness (QED) is 0.203. The van der Waals surface area contributed by atoms with Crippen LogP contribution in [-0.2, 0) is 17.3 Å². The summed E-state index contributed by atoms with van der Waals surface area (Å²) in [7, 11) is -1.96. The molecule has 0 nitrogen and oxygen atoms in total. The molecule has 4 aromatic rings. The van der Waals surface area contributed by atoms with E-state index in [-0.39, 0.29) is 10.8 Å². The third kappa shape index (κ3) is 4.60. The fourth-order valence-electron chi connectivity index (χ4n) is 8.67. The Morgan fingerprint density at radius 1 is 0.711 bits per heavy atom. The van der Waals surface area contributed by atoms with Crippen molar-refractivity contribution in [2.45, 2.75) is 98.6 Å². The SMILES string of the molecule is CC1=Cc2c(-c3ccc(C(C)(C)C)cc3)cccc2C1c1cc2c3c(-c4ccc(C(C)(C)C)cc4)c1[Si](C)(C)C3=C(C(C)C)C2. The topological polar surface area (TPSA) is 0 Å². The molecule has 0 spiro atoms. The molecule has 3 aliphatic rings. The number of benzene rings is 4. The van der Waals surface area contributed by atoms with Crippen LogP contribution in [-0.4, -0.2) is 8.07 Å². The Morgan fingerprint density at radius 3 is 1.84 bits per heavy atom. The molecule has 0 saturated heterocycles. The van der Waals surface area contributed by atoms with Gasteiger partial charge in [-0.3, -0.25) is 0 Å². The highest BCUT2D eigenvalue weighted by atomic mass is 28.3. The average Bonchev–Trinajstić information content (AvgIpc) is 3.58. The maximum Gasteiger partial charge on any atom is 0.114 e. The van der Waals surface area contributed by atoms with Crippen LogP contribution in [0.4, 0.5) is 0 Å². The first kappa shape index (κ1) is 30.2. The van der Waals surface area contributed by atoms with Crippen molar-refractivity contribution in [2.75, 3.05) is 0 Å². The Bertz CT molecular complexity index is 1910. The second-order valence-electron chi connectivity index (χ2n) is 16.9. The summed E-state index contributed by atoms with van der Waals surface area (Å²) in [6.45, 7) is 26.3. The highest BCUT2D eigenvalue weighted by Crippen LogP contribution is 2.55. The van der Waals surface area contributed by atoms with Gasteiger partial charge in [0.05, 0.1) is 0 Å². The summed E-state index contributed by atoms with van der Waals surface area (Å²) in [5.41, 5.74) is 19.5. The highest BCUT2D eigenvalue weighted by molar-refractivity contribution is 7.07. The van der Waals surface area contributed by atoms with Crippen LogP contribution in [0.3, 0.4) is 0 Å². The lowest BCUT2D eigenvalue weighted by atomic mass is 9.82. The Balaban J connectivity index is 1.42. The van der Waals surface area contributed by atoms with Crippen molar-refractivity contribution >= 4 is 24.5 Å². The van der Waals surface area contributed by atoms with Gasteiger partial charge in [-0.15, -0.1) is 0 Å². The van der Waals surface area contributed by atoms with Crippen LogP contribution >= 0.6 is 0 Å². The summed E-state index contributed by atoms with van der Waals surface area (Å²) in [5.74, 6) is 0.884. The van der Waals surface area contributed by atoms with E-state index in [1.54, 1.807) is 38.2 Å². The summed E-state index contributed by atoms with van der Waals surface area (Å²) in [5, 5.41) is 3.43. The van der Waals surface area contributed by atoms with Crippen molar-refractivity contribution in [1.82, 2.24) is 0 Å². The molecule has 1 heterocycles. The van der Waals surface area contributed by atoms with Gasteiger partial charge < -0.3 is 0 Å². The molecule has 1 heteroatoms. The predicted octanol–water partition coefficient (Wildman–Crippen LogP) is 11.6. The third-order valence-electron chi connectivity index (χ3n) is 11.0. The molecular weight excluding hydrogens is 557 g/mol. The molecule has 0 aromatic heterocycles. The fourth-order valence-corrected chi connectivity index (χ4v) is 12.8. The van der Waals surface area contributed by atoms with E-state index in [0.717, 1.165) is 6.42 Å². The van der Waals surface area contributed by atoms with Crippen LogP contribution < -0.4 is 5.19 Å². The minimum Gasteiger partial charge on any atom is -0.0630 e. The van der Waals surface area contributed by atoms with E-state index in [4.69, 9.17) is 0 Å². The number of rotatable bonds is 4. The van der Waals surface area contributed by atoms with E-state index in [2.05, 4.69) is 154 Å². The minimum atomic E-state index is -1.96. The third-order valence-corrected chi connectivity index (χ3v) is 14.6. The molecule has 7 rings (SSSR count). The fraction of sp³-hybridized carbons (Fsp3) is 0.364. The molecule has 0 fully saturated rings. The molecule has 0 radical (unpaired) electrons. The molecule has 4 aromatic carbocycles. The Morgan fingerprint density at radius 2 is 1.29 bits per heavy atom. The van der Waals surface area contributed by atoms with Crippen LogP contribution in [0.1, 0.15) is 107 Å². The van der Waals surface area contributed by atoms with Gasteiger partial charge in [0.25, 0.3) is 0 Å². The molecule has 1 aliphatic heterocycles. The lowest BCUT2D eigenvalue weighted by Crippen LogP contribution is -2.43. The number of hydrogen-bond donors (Lipinski definition) is 0. The van der Waals surface area contributed by atoms with Crippen LogP contribution in [0.25, 0.3) is 33.5 Å². The molecule has 2 aliphatic carbocycles. The lowest BCUT2D eigenvalue weighted by Gasteiger charge is -2.29. The van der Waals surface area contributed by atoms with Crippen LogP contribution in [0.15, 0.2) is 83.9 Å². The zero-order chi connectivity index (χ0) is 32.2. The summed E-state index contributed by atoms with van der Waals surface area (Å²) in [4.78, 5) is 0. The standard InChI is InChI=1S/C44H50Si/c1-26(2)35-24-30-25-37(42-39(40(30)41(35)45(42,10)11)29-17-21-32(22-18-29)44(7,8)9)38-27(3)23-36-33(13-12-14-34(36)38)28-15-19-31(20-16-28)43(4,5)6/h12-23,25-26,38H,24H2,1-11H3. The van der Waals surface area contributed by atoms with E-state index in [1.165, 1.54) is 44.5 Å². The first-order valence-electron chi connectivity index (χ1n) is 17.1. The van der Waals surface area contributed by atoms with E-state index >= 15 is 0 Å². The first-order chi connectivity index (χ1) is 21.1. The smallest absolute Gasteiger partial charge is 0.0630 e. The Labute approximate surface area is 273 Å². The van der Waals surface area contributed by atoms with Gasteiger partial charge in [0.1, 0.15) is 8.07 Å². The Kier molecular flexibility index (Phi) is 6.75. The maximum atomic E-state index is 2.65. The molecule has 1 atom stereocenters. The normalized spacial score (nSPS) is 18.2. The van der Waals surface area contributed by atoms with Crippen molar-refractivity contribution in [3.63, 3.8) is 0 Å². The van der Waals surface area contributed by atoms with Crippen molar-refractivity contribution < 1.29 is 0 Å². The zero-order valence-electron chi connectivity index (χ0n) is 29.4. The van der Waals surface area contributed by atoms with Gasteiger partial charge in [0.15, 0.2) is 0 Å². The molecule has 2 bridgehead atoms. The van der Waals surface area contributed by atoms with Crippen LogP contribution in [0.5, 0.6) is 0 Å². The first-order valence-corrected chi connectivity index (χ1v) is 20.1. The largest absolute Gasteiger partial charge is 0.114 e. The van der Waals surface area contributed by atoms with Gasteiger partial charge in [0, 0.05) is 5.92 Å². The second-order valence-corrected chi connectivity index (χ2v) is 21.1. The summed E-state index contributed by atoms with van der Waals surface area (Å²) in [6.07, 6.45) is 3.61. The molecular formula is C44H50Si. The van der Waals surface area contributed by atoms with Crippen LogP contribution in [0, 0.1) is 5.92 Å². The molecule has 230 valence electrons. The van der Waals surface area contributed by atoms with E-state index in [0.29, 0.717) is 11.8 Å². The minimum absolute atomic E-state index is 0.148. The molecule has 0 amide bonds. The van der Waals surface area contributed by atoms with Gasteiger partial charge in [0.2, 0.25) is 0 Å². The van der Waals surface area contributed by atoms with E-state index < -0.39 is 8.07 Å². The number of allylic oxidation sites excluding steroid dienone is 2. The van der Waals surface area contributed by atoms with Gasteiger partial charge in [-0.2, -0.15) is 0 Å². The van der Waals surface area contributed by atoms with Gasteiger partial charge in [-0.05, 0) is 102 Å². The van der Waals surface area contributed by atoms with Gasteiger partial charge in [-0.1, -0.05) is 159 Å². The summed E-state index contributed by atoms with van der Waals surface area (Å²) in [6, 6.07) is 28.6. The van der Waals surface area contributed by atoms with E-state index in [1.807, 2.05) is 0 Å².